The molecule has 0 aromatic carbocycles. The molecule has 0 bridgehead atoms. The fraction of sp³-hybridized carbons (Fsp3) is 0.538. The van der Waals surface area contributed by atoms with Crippen LogP contribution in [0.3, 0.4) is 0 Å². The van der Waals surface area contributed by atoms with Crippen molar-refractivity contribution in [2.75, 3.05) is 12.0 Å². The summed E-state index contributed by atoms with van der Waals surface area (Å²) < 4.78 is 0. The third-order valence-corrected chi connectivity index (χ3v) is 3.53. The van der Waals surface area contributed by atoms with Gasteiger partial charge in [-0.3, -0.25) is 4.79 Å². The summed E-state index contributed by atoms with van der Waals surface area (Å²) in [4.78, 5) is 15.9. The first-order valence-corrected chi connectivity index (χ1v) is 6.40. The Balaban J connectivity index is 1.83. The number of hydrogen-bond donors (Lipinski definition) is 3. The smallest absolute Gasteiger partial charge is 0.252 e. The van der Waals surface area contributed by atoms with Crippen molar-refractivity contribution in [2.45, 2.75) is 26.2 Å². The fourth-order valence-corrected chi connectivity index (χ4v) is 2.46. The van der Waals surface area contributed by atoms with E-state index in [4.69, 9.17) is 5.84 Å². The first-order valence-electron chi connectivity index (χ1n) is 6.40. The van der Waals surface area contributed by atoms with Crippen molar-refractivity contribution in [3.05, 3.63) is 23.9 Å². The van der Waals surface area contributed by atoms with Crippen molar-refractivity contribution in [3.8, 4) is 0 Å². The maximum absolute atomic E-state index is 11.9. The number of hydrazine groups is 1. The van der Waals surface area contributed by atoms with Crippen LogP contribution in [-0.2, 0) is 0 Å². The van der Waals surface area contributed by atoms with Gasteiger partial charge in [-0.25, -0.2) is 10.8 Å². The van der Waals surface area contributed by atoms with Crippen molar-refractivity contribution in [1.82, 2.24) is 10.3 Å². The van der Waals surface area contributed by atoms with Gasteiger partial charge in [-0.05, 0) is 36.8 Å². The lowest BCUT2D eigenvalue weighted by Gasteiger charge is -2.11. The normalized spacial score (nSPS) is 22.8. The van der Waals surface area contributed by atoms with Gasteiger partial charge >= 0.3 is 0 Å². The zero-order chi connectivity index (χ0) is 13.0. The van der Waals surface area contributed by atoms with Crippen LogP contribution in [0.1, 0.15) is 36.5 Å². The highest BCUT2D eigenvalue weighted by Crippen LogP contribution is 2.29. The molecule has 1 amide bonds. The Labute approximate surface area is 107 Å². The average molecular weight is 248 g/mol. The van der Waals surface area contributed by atoms with E-state index in [9.17, 15) is 4.79 Å². The summed E-state index contributed by atoms with van der Waals surface area (Å²) in [6.45, 7) is 3.03. The minimum Gasteiger partial charge on any atom is -0.352 e. The van der Waals surface area contributed by atoms with Crippen LogP contribution in [-0.4, -0.2) is 17.4 Å². The number of nitrogen functional groups attached to an aromatic ring is 1. The highest BCUT2D eigenvalue weighted by molar-refractivity contribution is 5.94. The third kappa shape index (κ3) is 3.20. The number of hydrogen-bond acceptors (Lipinski definition) is 4. The molecule has 0 aliphatic heterocycles. The lowest BCUT2D eigenvalue weighted by Crippen LogP contribution is -2.28. The standard InChI is InChI=1S/C13H20N4O/c1-9-2-3-10(6-9)7-16-13(18)11-4-5-12(17-14)15-8-11/h4-5,8-10H,2-3,6-7,14H2,1H3,(H,15,17)(H,16,18). The predicted octanol–water partition coefficient (Wildman–Crippen LogP) is 1.53. The summed E-state index contributed by atoms with van der Waals surface area (Å²) in [5.74, 6) is 7.13. The predicted molar refractivity (Wildman–Crippen MR) is 70.9 cm³/mol. The van der Waals surface area contributed by atoms with Crippen LogP contribution in [0.15, 0.2) is 18.3 Å². The second kappa shape index (κ2) is 5.82. The van der Waals surface area contributed by atoms with E-state index in [1.807, 2.05) is 0 Å². The van der Waals surface area contributed by atoms with Gasteiger partial charge in [0.25, 0.3) is 5.91 Å². The molecule has 18 heavy (non-hydrogen) atoms. The number of carbonyl (C=O) groups excluding carboxylic acids is 1. The van der Waals surface area contributed by atoms with Crippen molar-refractivity contribution in [2.24, 2.45) is 17.7 Å². The number of amides is 1. The summed E-state index contributed by atoms with van der Waals surface area (Å²) in [6.07, 6.45) is 5.24. The number of anilines is 1. The maximum atomic E-state index is 11.9. The van der Waals surface area contributed by atoms with Crippen molar-refractivity contribution in [1.29, 1.82) is 0 Å². The minimum absolute atomic E-state index is 0.0642. The van der Waals surface area contributed by atoms with Crippen LogP contribution >= 0.6 is 0 Å². The number of nitrogens with one attached hydrogen (secondary N) is 2. The van der Waals surface area contributed by atoms with E-state index >= 15 is 0 Å². The topological polar surface area (TPSA) is 80.0 Å². The molecule has 0 saturated heterocycles. The molecular formula is C13H20N4O. The van der Waals surface area contributed by atoms with Gasteiger partial charge in [-0.2, -0.15) is 0 Å². The Hall–Kier alpha value is -1.62. The summed E-state index contributed by atoms with van der Waals surface area (Å²) in [6, 6.07) is 3.40. The number of pyridine rings is 1. The molecule has 1 heterocycles. The third-order valence-electron chi connectivity index (χ3n) is 3.53. The number of nitrogens with two attached hydrogens (primary N) is 1. The molecule has 4 N–H and O–H groups in total. The molecule has 1 aromatic heterocycles. The Morgan fingerprint density at radius 2 is 2.33 bits per heavy atom. The van der Waals surface area contributed by atoms with Crippen LogP contribution in [0, 0.1) is 11.8 Å². The van der Waals surface area contributed by atoms with Crippen molar-refractivity contribution >= 4 is 11.7 Å². The number of aromatic nitrogens is 1. The zero-order valence-electron chi connectivity index (χ0n) is 10.6. The summed E-state index contributed by atoms with van der Waals surface area (Å²) in [5, 5.41) is 2.97. The van der Waals surface area contributed by atoms with E-state index in [1.54, 1.807) is 12.1 Å². The van der Waals surface area contributed by atoms with Gasteiger partial charge in [0, 0.05) is 12.7 Å². The van der Waals surface area contributed by atoms with E-state index < -0.39 is 0 Å². The van der Waals surface area contributed by atoms with Gasteiger partial charge < -0.3 is 10.7 Å². The maximum Gasteiger partial charge on any atom is 0.252 e. The summed E-state index contributed by atoms with van der Waals surface area (Å²) >= 11 is 0. The Kier molecular flexibility index (Phi) is 4.15. The van der Waals surface area contributed by atoms with Gasteiger partial charge in [0.05, 0.1) is 5.56 Å². The summed E-state index contributed by atoms with van der Waals surface area (Å²) in [7, 11) is 0. The largest absolute Gasteiger partial charge is 0.352 e. The minimum atomic E-state index is -0.0642. The second-order valence-corrected chi connectivity index (χ2v) is 5.07. The molecule has 98 valence electrons. The first-order chi connectivity index (χ1) is 8.69. The lowest BCUT2D eigenvalue weighted by atomic mass is 10.1. The molecule has 2 unspecified atom stereocenters. The van der Waals surface area contributed by atoms with Gasteiger partial charge in [0.15, 0.2) is 0 Å². The molecule has 0 spiro atoms. The molecule has 2 atom stereocenters. The summed E-state index contributed by atoms with van der Waals surface area (Å²) in [5.41, 5.74) is 3.00. The highest BCUT2D eigenvalue weighted by Gasteiger charge is 2.21. The molecule has 1 saturated carbocycles. The molecule has 1 aromatic rings. The Morgan fingerprint density at radius 1 is 1.50 bits per heavy atom. The SMILES string of the molecule is CC1CCC(CNC(=O)c2ccc(NN)nc2)C1. The van der Waals surface area contributed by atoms with Crippen LogP contribution < -0.4 is 16.6 Å². The zero-order valence-corrected chi connectivity index (χ0v) is 10.6. The van der Waals surface area contributed by atoms with E-state index in [0.29, 0.717) is 17.3 Å². The quantitative estimate of drug-likeness (QED) is 0.557. The van der Waals surface area contributed by atoms with Gasteiger partial charge in [-0.1, -0.05) is 13.3 Å². The van der Waals surface area contributed by atoms with E-state index in [1.165, 1.54) is 25.5 Å². The molecule has 1 aliphatic carbocycles. The van der Waals surface area contributed by atoms with Crippen molar-refractivity contribution in [3.63, 3.8) is 0 Å². The highest BCUT2D eigenvalue weighted by atomic mass is 16.1. The molecule has 2 rings (SSSR count). The molecule has 0 radical (unpaired) electrons. The number of rotatable bonds is 4. The number of carbonyl (C=O) groups is 1. The van der Waals surface area contributed by atoms with Gasteiger partial charge in [-0.15, -0.1) is 0 Å². The lowest BCUT2D eigenvalue weighted by molar-refractivity contribution is 0.0947. The van der Waals surface area contributed by atoms with Crippen LogP contribution in [0.25, 0.3) is 0 Å². The molecule has 1 fully saturated rings. The van der Waals surface area contributed by atoms with Gasteiger partial charge in [0.1, 0.15) is 5.82 Å². The molecule has 1 aliphatic rings. The fourth-order valence-electron chi connectivity index (χ4n) is 2.46. The monoisotopic (exact) mass is 248 g/mol. The van der Waals surface area contributed by atoms with E-state index in [-0.39, 0.29) is 5.91 Å². The second-order valence-electron chi connectivity index (χ2n) is 5.07. The number of nitrogens with zero attached hydrogens (tertiary/aromatic N) is 1. The van der Waals surface area contributed by atoms with Crippen LogP contribution in [0.5, 0.6) is 0 Å². The molecule has 5 heteroatoms. The van der Waals surface area contributed by atoms with E-state index in [0.717, 1.165) is 12.5 Å². The van der Waals surface area contributed by atoms with Crippen LogP contribution in [0.4, 0.5) is 5.82 Å². The van der Waals surface area contributed by atoms with Crippen molar-refractivity contribution < 1.29 is 4.79 Å². The Morgan fingerprint density at radius 3 is 2.89 bits per heavy atom. The first kappa shape index (κ1) is 12.8. The van der Waals surface area contributed by atoms with Gasteiger partial charge in [0.2, 0.25) is 0 Å². The van der Waals surface area contributed by atoms with E-state index in [2.05, 4.69) is 22.7 Å². The van der Waals surface area contributed by atoms with Crippen LogP contribution in [0.2, 0.25) is 0 Å². The Bertz CT molecular complexity index is 404. The molecule has 5 nitrogen and oxygen atoms in total. The molecular weight excluding hydrogens is 228 g/mol. The average Bonchev–Trinajstić information content (AvgIpc) is 2.82.